The molecule has 4 rings (SSSR count). The van der Waals surface area contributed by atoms with Crippen LogP contribution >= 0.6 is 0 Å². The Balaban J connectivity index is 1.39. The summed E-state index contributed by atoms with van der Waals surface area (Å²) in [6.45, 7) is 7.17. The van der Waals surface area contributed by atoms with Crippen LogP contribution in [0.2, 0.25) is 0 Å². The third kappa shape index (κ3) is 5.36. The lowest BCUT2D eigenvalue weighted by atomic mass is 9.95. The molecular weight excluding hydrogens is 412 g/mol. The van der Waals surface area contributed by atoms with Gasteiger partial charge in [0.05, 0.1) is 17.2 Å². The van der Waals surface area contributed by atoms with Crippen molar-refractivity contribution in [3.8, 4) is 0 Å². The van der Waals surface area contributed by atoms with Gasteiger partial charge in [-0.3, -0.25) is 14.7 Å². The standard InChI is InChI=1S/C23H32N4O3S/c1-18-5-6-21-20(16-18)22(7-8-24-21)27-9-3-4-19(17-27)23(28)26-12-10-25(11-13-26)14-15-31(2,29)30/h5-8,16,19H,3-4,9-15,17H2,1-2H3. The molecule has 2 fully saturated rings. The minimum absolute atomic E-state index is 0.00402. The fourth-order valence-corrected chi connectivity index (χ4v) is 5.25. The number of anilines is 1. The fourth-order valence-electron chi connectivity index (χ4n) is 4.66. The first-order valence-corrected chi connectivity index (χ1v) is 13.2. The highest BCUT2D eigenvalue weighted by atomic mass is 32.2. The number of fused-ring (bicyclic) bond motifs is 1. The number of piperazine rings is 1. The predicted molar refractivity (Wildman–Crippen MR) is 124 cm³/mol. The van der Waals surface area contributed by atoms with E-state index in [1.54, 1.807) is 0 Å². The molecule has 8 heteroatoms. The molecule has 2 aliphatic heterocycles. The largest absolute Gasteiger partial charge is 0.370 e. The second-order valence-corrected chi connectivity index (χ2v) is 11.2. The summed E-state index contributed by atoms with van der Waals surface area (Å²) in [5.74, 6) is 0.420. The number of piperidine rings is 1. The molecule has 7 nitrogen and oxygen atoms in total. The predicted octanol–water partition coefficient (Wildman–Crippen LogP) is 1.95. The summed E-state index contributed by atoms with van der Waals surface area (Å²) in [5.41, 5.74) is 3.36. The molecule has 0 aliphatic carbocycles. The zero-order valence-corrected chi connectivity index (χ0v) is 19.3. The van der Waals surface area contributed by atoms with Gasteiger partial charge < -0.3 is 9.80 Å². The molecule has 1 aromatic carbocycles. The third-order valence-corrected chi connectivity index (χ3v) is 7.37. The zero-order valence-electron chi connectivity index (χ0n) is 18.5. The van der Waals surface area contributed by atoms with Gasteiger partial charge in [0, 0.05) is 69.3 Å². The van der Waals surface area contributed by atoms with Crippen molar-refractivity contribution in [2.75, 3.05) is 62.7 Å². The lowest BCUT2D eigenvalue weighted by Crippen LogP contribution is -2.53. The molecule has 2 aliphatic rings. The van der Waals surface area contributed by atoms with Crippen LogP contribution in [-0.4, -0.2) is 86.9 Å². The molecule has 0 spiro atoms. The average Bonchev–Trinajstić information content (AvgIpc) is 2.76. The number of pyridine rings is 1. The highest BCUT2D eigenvalue weighted by Crippen LogP contribution is 2.30. The van der Waals surface area contributed by atoms with Crippen molar-refractivity contribution >= 4 is 32.3 Å². The van der Waals surface area contributed by atoms with Crippen molar-refractivity contribution in [1.82, 2.24) is 14.8 Å². The molecule has 168 valence electrons. The van der Waals surface area contributed by atoms with Crippen molar-refractivity contribution < 1.29 is 13.2 Å². The number of carbonyl (C=O) groups excluding carboxylic acids is 1. The number of benzene rings is 1. The number of aromatic nitrogens is 1. The Labute approximate surface area is 184 Å². The Bertz CT molecular complexity index is 1050. The topological polar surface area (TPSA) is 73.8 Å². The summed E-state index contributed by atoms with van der Waals surface area (Å²) in [4.78, 5) is 24.2. The zero-order chi connectivity index (χ0) is 22.0. The fraction of sp³-hybridized carbons (Fsp3) is 0.565. The molecule has 3 heterocycles. The first kappa shape index (κ1) is 22.0. The number of rotatable bonds is 5. The van der Waals surface area contributed by atoms with Crippen LogP contribution in [0, 0.1) is 12.8 Å². The van der Waals surface area contributed by atoms with Gasteiger partial charge in [0.15, 0.2) is 0 Å². The SMILES string of the molecule is Cc1ccc2nccc(N3CCCC(C(=O)N4CCN(CCS(C)(=O)=O)CC4)C3)c2c1. The molecule has 1 aromatic heterocycles. The summed E-state index contributed by atoms with van der Waals surface area (Å²) in [6, 6.07) is 8.38. The van der Waals surface area contributed by atoms with Gasteiger partial charge >= 0.3 is 0 Å². The summed E-state index contributed by atoms with van der Waals surface area (Å²) < 4.78 is 22.8. The van der Waals surface area contributed by atoms with E-state index < -0.39 is 9.84 Å². The first-order valence-electron chi connectivity index (χ1n) is 11.1. The van der Waals surface area contributed by atoms with Crippen molar-refractivity contribution in [2.45, 2.75) is 19.8 Å². The lowest BCUT2D eigenvalue weighted by Gasteiger charge is -2.39. The van der Waals surface area contributed by atoms with Crippen LogP contribution in [-0.2, 0) is 14.6 Å². The Hall–Kier alpha value is -2.19. The van der Waals surface area contributed by atoms with Gasteiger partial charge in [0.1, 0.15) is 9.84 Å². The van der Waals surface area contributed by atoms with E-state index in [9.17, 15) is 13.2 Å². The van der Waals surface area contributed by atoms with Crippen LogP contribution in [0.5, 0.6) is 0 Å². The number of aryl methyl sites for hydroxylation is 1. The van der Waals surface area contributed by atoms with E-state index in [1.807, 2.05) is 11.1 Å². The highest BCUT2D eigenvalue weighted by Gasteiger charge is 2.31. The van der Waals surface area contributed by atoms with Gasteiger partial charge in [-0.05, 0) is 38.0 Å². The second kappa shape index (κ2) is 9.12. The molecule has 2 saturated heterocycles. The van der Waals surface area contributed by atoms with Crippen molar-refractivity contribution in [3.05, 3.63) is 36.0 Å². The summed E-state index contributed by atoms with van der Waals surface area (Å²) in [6.07, 6.45) is 5.05. The lowest BCUT2D eigenvalue weighted by molar-refractivity contribution is -0.137. The van der Waals surface area contributed by atoms with Gasteiger partial charge in [-0.15, -0.1) is 0 Å². The number of carbonyl (C=O) groups is 1. The smallest absolute Gasteiger partial charge is 0.227 e. The maximum Gasteiger partial charge on any atom is 0.227 e. The van der Waals surface area contributed by atoms with Crippen LogP contribution in [0.25, 0.3) is 10.9 Å². The number of sulfone groups is 1. The van der Waals surface area contributed by atoms with Gasteiger partial charge in [-0.25, -0.2) is 8.42 Å². The van der Waals surface area contributed by atoms with Crippen LogP contribution in [0.15, 0.2) is 30.5 Å². The van der Waals surface area contributed by atoms with E-state index in [-0.39, 0.29) is 17.6 Å². The van der Waals surface area contributed by atoms with Gasteiger partial charge in [0.2, 0.25) is 5.91 Å². The van der Waals surface area contributed by atoms with E-state index in [1.165, 1.54) is 11.8 Å². The number of hydrogen-bond donors (Lipinski definition) is 0. The quantitative estimate of drug-likeness (QED) is 0.702. The second-order valence-electron chi connectivity index (χ2n) is 8.93. The maximum atomic E-state index is 13.2. The van der Waals surface area contributed by atoms with Crippen molar-refractivity contribution in [3.63, 3.8) is 0 Å². The average molecular weight is 445 g/mol. The monoisotopic (exact) mass is 444 g/mol. The Morgan fingerprint density at radius 1 is 1.13 bits per heavy atom. The Morgan fingerprint density at radius 2 is 1.90 bits per heavy atom. The van der Waals surface area contributed by atoms with Gasteiger partial charge in [0.25, 0.3) is 0 Å². The van der Waals surface area contributed by atoms with Crippen LogP contribution in [0.4, 0.5) is 5.69 Å². The maximum absolute atomic E-state index is 13.2. The molecule has 0 radical (unpaired) electrons. The van der Waals surface area contributed by atoms with Crippen LogP contribution < -0.4 is 4.90 Å². The molecule has 0 N–H and O–H groups in total. The Kier molecular flexibility index (Phi) is 6.48. The number of hydrogen-bond acceptors (Lipinski definition) is 6. The normalized spacial score (nSPS) is 20.9. The molecule has 2 aromatic rings. The molecule has 0 saturated carbocycles. The van der Waals surface area contributed by atoms with Gasteiger partial charge in [-0.1, -0.05) is 11.6 Å². The van der Waals surface area contributed by atoms with E-state index in [4.69, 9.17) is 0 Å². The summed E-state index contributed by atoms with van der Waals surface area (Å²) in [5, 5.41) is 1.15. The van der Waals surface area contributed by atoms with Crippen molar-refractivity contribution in [2.24, 2.45) is 5.92 Å². The van der Waals surface area contributed by atoms with Crippen LogP contribution in [0.1, 0.15) is 18.4 Å². The number of amides is 1. The minimum atomic E-state index is -2.95. The summed E-state index contributed by atoms with van der Waals surface area (Å²) >= 11 is 0. The third-order valence-electron chi connectivity index (χ3n) is 6.45. The number of nitrogens with zero attached hydrogens (tertiary/aromatic N) is 4. The molecule has 0 bridgehead atoms. The van der Waals surface area contributed by atoms with Crippen molar-refractivity contribution in [1.29, 1.82) is 0 Å². The molecule has 1 unspecified atom stereocenters. The summed E-state index contributed by atoms with van der Waals surface area (Å²) in [7, 11) is -2.95. The molecule has 31 heavy (non-hydrogen) atoms. The molecule has 1 amide bonds. The first-order chi connectivity index (χ1) is 14.8. The van der Waals surface area contributed by atoms with E-state index in [2.05, 4.69) is 46.0 Å². The van der Waals surface area contributed by atoms with Crippen LogP contribution in [0.3, 0.4) is 0 Å². The van der Waals surface area contributed by atoms with E-state index in [0.717, 1.165) is 55.6 Å². The van der Waals surface area contributed by atoms with E-state index >= 15 is 0 Å². The molecular formula is C23H32N4O3S. The minimum Gasteiger partial charge on any atom is -0.370 e. The molecule has 1 atom stereocenters. The Morgan fingerprint density at radius 3 is 2.65 bits per heavy atom. The van der Waals surface area contributed by atoms with E-state index in [0.29, 0.717) is 19.6 Å². The van der Waals surface area contributed by atoms with Gasteiger partial charge in [-0.2, -0.15) is 0 Å². The highest BCUT2D eigenvalue weighted by molar-refractivity contribution is 7.90.